The van der Waals surface area contributed by atoms with Crippen LogP contribution >= 0.6 is 11.6 Å². The quantitative estimate of drug-likeness (QED) is 0.392. The van der Waals surface area contributed by atoms with E-state index in [4.69, 9.17) is 25.2 Å². The standard InChI is InChI=1S/C16H13ClO5/c17-12(18)3-1-2-7-20-16-14-11(6-8-21-14)9-10-4-5-13(19)22-15(10)16/h4-6,8-9H,1-3,7H2. The molecule has 0 saturated heterocycles. The van der Waals surface area contributed by atoms with E-state index in [2.05, 4.69) is 0 Å². The molecule has 0 saturated carbocycles. The molecule has 3 rings (SSSR count). The van der Waals surface area contributed by atoms with Gasteiger partial charge in [-0.05, 0) is 42.6 Å². The van der Waals surface area contributed by atoms with E-state index in [1.54, 1.807) is 12.3 Å². The van der Waals surface area contributed by atoms with Gasteiger partial charge >= 0.3 is 5.63 Å². The fourth-order valence-electron chi connectivity index (χ4n) is 2.28. The minimum atomic E-state index is -0.448. The van der Waals surface area contributed by atoms with Gasteiger partial charge < -0.3 is 13.6 Å². The van der Waals surface area contributed by atoms with Crippen LogP contribution in [0.15, 0.2) is 44.2 Å². The number of furan rings is 1. The number of fused-ring (bicyclic) bond motifs is 2. The van der Waals surface area contributed by atoms with Gasteiger partial charge in [-0.1, -0.05) is 0 Å². The maximum atomic E-state index is 11.5. The summed E-state index contributed by atoms with van der Waals surface area (Å²) >= 11 is 5.29. The van der Waals surface area contributed by atoms with Gasteiger partial charge in [-0.25, -0.2) is 4.79 Å². The topological polar surface area (TPSA) is 69.7 Å². The number of carbonyl (C=O) groups is 1. The van der Waals surface area contributed by atoms with Crippen molar-refractivity contribution in [3.05, 3.63) is 40.9 Å². The minimum Gasteiger partial charge on any atom is -0.486 e. The number of hydrogen-bond donors (Lipinski definition) is 0. The highest BCUT2D eigenvalue weighted by atomic mass is 35.5. The lowest BCUT2D eigenvalue weighted by atomic mass is 10.1. The van der Waals surface area contributed by atoms with Crippen molar-refractivity contribution in [2.24, 2.45) is 0 Å². The molecule has 0 aliphatic carbocycles. The van der Waals surface area contributed by atoms with Crippen LogP contribution in [0.1, 0.15) is 19.3 Å². The van der Waals surface area contributed by atoms with Gasteiger partial charge in [0.05, 0.1) is 12.9 Å². The normalized spacial score (nSPS) is 11.1. The molecule has 22 heavy (non-hydrogen) atoms. The van der Waals surface area contributed by atoms with Gasteiger partial charge in [-0.15, -0.1) is 0 Å². The highest BCUT2D eigenvalue weighted by Crippen LogP contribution is 2.35. The molecule has 0 fully saturated rings. The largest absolute Gasteiger partial charge is 0.486 e. The summed E-state index contributed by atoms with van der Waals surface area (Å²) in [5.74, 6) is 0.410. The van der Waals surface area contributed by atoms with Gasteiger partial charge in [-0.2, -0.15) is 0 Å². The van der Waals surface area contributed by atoms with Crippen LogP contribution in [-0.4, -0.2) is 11.8 Å². The molecule has 0 aliphatic heterocycles. The molecule has 2 heterocycles. The zero-order chi connectivity index (χ0) is 15.5. The molecule has 0 aliphatic rings. The first-order valence-electron chi connectivity index (χ1n) is 6.90. The fraction of sp³-hybridized carbons (Fsp3) is 0.250. The molecule has 3 aromatic rings. The van der Waals surface area contributed by atoms with Gasteiger partial charge in [0.25, 0.3) is 0 Å². The molecule has 0 amide bonds. The number of carbonyl (C=O) groups excluding carboxylic acids is 1. The number of rotatable bonds is 6. The SMILES string of the molecule is O=C(Cl)CCCCOc1c2occc2cc2ccc(=O)oc12. The monoisotopic (exact) mass is 320 g/mol. The Morgan fingerprint density at radius 2 is 1.95 bits per heavy atom. The van der Waals surface area contributed by atoms with E-state index in [0.29, 0.717) is 42.8 Å². The lowest BCUT2D eigenvalue weighted by Crippen LogP contribution is -2.01. The van der Waals surface area contributed by atoms with Crippen LogP contribution in [0.2, 0.25) is 0 Å². The third-order valence-electron chi connectivity index (χ3n) is 3.30. The second kappa shape index (κ2) is 6.23. The van der Waals surface area contributed by atoms with Crippen molar-refractivity contribution in [3.8, 4) is 5.75 Å². The van der Waals surface area contributed by atoms with Crippen LogP contribution in [0.5, 0.6) is 5.75 Å². The highest BCUT2D eigenvalue weighted by molar-refractivity contribution is 6.63. The second-order valence-corrected chi connectivity index (χ2v) is 5.30. The first-order chi connectivity index (χ1) is 10.6. The Balaban J connectivity index is 1.90. The molecule has 0 N–H and O–H groups in total. The Hall–Kier alpha value is -2.27. The van der Waals surface area contributed by atoms with Crippen molar-refractivity contribution >= 4 is 38.8 Å². The maximum Gasteiger partial charge on any atom is 0.336 e. The summed E-state index contributed by atoms with van der Waals surface area (Å²) in [6.45, 7) is 0.373. The lowest BCUT2D eigenvalue weighted by molar-refractivity contribution is -0.111. The lowest BCUT2D eigenvalue weighted by Gasteiger charge is -2.08. The van der Waals surface area contributed by atoms with Gasteiger partial charge in [0, 0.05) is 23.3 Å². The number of halogens is 1. The van der Waals surface area contributed by atoms with E-state index < -0.39 is 5.63 Å². The van der Waals surface area contributed by atoms with Crippen LogP contribution in [0.3, 0.4) is 0 Å². The van der Waals surface area contributed by atoms with Gasteiger partial charge in [-0.3, -0.25) is 4.79 Å². The summed E-state index contributed by atoms with van der Waals surface area (Å²) in [5.41, 5.74) is 0.453. The molecular weight excluding hydrogens is 308 g/mol. The molecule has 0 spiro atoms. The molecule has 0 atom stereocenters. The molecule has 0 bridgehead atoms. The predicted molar refractivity (Wildman–Crippen MR) is 82.5 cm³/mol. The Kier molecular flexibility index (Phi) is 4.15. The van der Waals surface area contributed by atoms with E-state index >= 15 is 0 Å². The van der Waals surface area contributed by atoms with E-state index in [0.717, 1.165) is 10.8 Å². The highest BCUT2D eigenvalue weighted by Gasteiger charge is 2.14. The van der Waals surface area contributed by atoms with Gasteiger partial charge in [0.2, 0.25) is 11.0 Å². The number of benzene rings is 1. The summed E-state index contributed by atoms with van der Waals surface area (Å²) in [6, 6.07) is 6.74. The Morgan fingerprint density at radius 3 is 2.77 bits per heavy atom. The average Bonchev–Trinajstić information content (AvgIpc) is 2.94. The Bertz CT molecular complexity index is 877. The summed E-state index contributed by atoms with van der Waals surface area (Å²) in [4.78, 5) is 22.1. The first-order valence-corrected chi connectivity index (χ1v) is 7.28. The third-order valence-corrected chi connectivity index (χ3v) is 3.49. The van der Waals surface area contributed by atoms with Crippen molar-refractivity contribution in [1.29, 1.82) is 0 Å². The van der Waals surface area contributed by atoms with Crippen LogP contribution in [-0.2, 0) is 4.79 Å². The Labute approximate surface area is 130 Å². The predicted octanol–water partition coefficient (Wildman–Crippen LogP) is 3.85. The van der Waals surface area contributed by atoms with Crippen molar-refractivity contribution in [3.63, 3.8) is 0 Å². The average molecular weight is 321 g/mol. The molecule has 5 nitrogen and oxygen atoms in total. The van der Waals surface area contributed by atoms with E-state index in [9.17, 15) is 9.59 Å². The zero-order valence-electron chi connectivity index (χ0n) is 11.6. The van der Waals surface area contributed by atoms with E-state index in [1.807, 2.05) is 12.1 Å². The molecule has 6 heteroatoms. The molecule has 114 valence electrons. The van der Waals surface area contributed by atoms with E-state index in [1.165, 1.54) is 6.07 Å². The van der Waals surface area contributed by atoms with E-state index in [-0.39, 0.29) is 5.24 Å². The third kappa shape index (κ3) is 2.99. The molecule has 2 aromatic heterocycles. The van der Waals surface area contributed by atoms with Crippen LogP contribution < -0.4 is 10.4 Å². The smallest absolute Gasteiger partial charge is 0.336 e. The van der Waals surface area contributed by atoms with Gasteiger partial charge in [0.15, 0.2) is 11.2 Å². The summed E-state index contributed by atoms with van der Waals surface area (Å²) in [6.07, 6.45) is 3.17. The fourth-order valence-corrected chi connectivity index (χ4v) is 2.41. The van der Waals surface area contributed by atoms with Crippen molar-refractivity contribution in [2.75, 3.05) is 6.61 Å². The number of unbranched alkanes of at least 4 members (excludes halogenated alkanes) is 1. The molecular formula is C16H13ClO5. The summed E-state index contributed by atoms with van der Waals surface area (Å²) in [5, 5.41) is 1.27. The molecule has 1 aromatic carbocycles. The van der Waals surface area contributed by atoms with Crippen molar-refractivity contribution < 1.29 is 18.4 Å². The number of hydrogen-bond acceptors (Lipinski definition) is 5. The Morgan fingerprint density at radius 1 is 1.14 bits per heavy atom. The minimum absolute atomic E-state index is 0.311. The molecule has 0 radical (unpaired) electrons. The van der Waals surface area contributed by atoms with Crippen molar-refractivity contribution in [1.82, 2.24) is 0 Å². The second-order valence-electron chi connectivity index (χ2n) is 4.88. The summed E-state index contributed by atoms with van der Waals surface area (Å²) in [7, 11) is 0. The van der Waals surface area contributed by atoms with Crippen LogP contribution in [0, 0.1) is 0 Å². The first kappa shape index (κ1) is 14.7. The van der Waals surface area contributed by atoms with Gasteiger partial charge in [0.1, 0.15) is 0 Å². The maximum absolute atomic E-state index is 11.5. The summed E-state index contributed by atoms with van der Waals surface area (Å²) < 4.78 is 16.4. The zero-order valence-corrected chi connectivity index (χ0v) is 12.4. The van der Waals surface area contributed by atoms with Crippen LogP contribution in [0.4, 0.5) is 0 Å². The number of ether oxygens (including phenoxy) is 1. The molecule has 0 unspecified atom stereocenters. The van der Waals surface area contributed by atoms with Crippen molar-refractivity contribution in [2.45, 2.75) is 19.3 Å². The van der Waals surface area contributed by atoms with Crippen LogP contribution in [0.25, 0.3) is 21.9 Å².